The Hall–Kier alpha value is -1.35. The Labute approximate surface area is 109 Å². The van der Waals surface area contributed by atoms with Crippen LogP contribution in [0.5, 0.6) is 0 Å². The molecule has 0 saturated carbocycles. The molecule has 1 aliphatic rings. The van der Waals surface area contributed by atoms with E-state index in [2.05, 4.69) is 17.3 Å². The molecule has 0 bridgehead atoms. The number of ketones is 1. The molecular weight excluding hydrogens is 224 g/mol. The molecule has 3 heteroatoms. The molecule has 0 unspecified atom stereocenters. The van der Waals surface area contributed by atoms with Gasteiger partial charge >= 0.3 is 0 Å². The van der Waals surface area contributed by atoms with E-state index >= 15 is 0 Å². The number of hydrogen-bond donors (Lipinski definition) is 1. The summed E-state index contributed by atoms with van der Waals surface area (Å²) in [5.74, 6) is 0.209. The number of nitrogens with zero attached hydrogens (tertiary/aromatic N) is 1. The van der Waals surface area contributed by atoms with Gasteiger partial charge in [0.25, 0.3) is 0 Å². The van der Waals surface area contributed by atoms with Crippen molar-refractivity contribution in [2.24, 2.45) is 0 Å². The van der Waals surface area contributed by atoms with E-state index in [0.29, 0.717) is 12.5 Å². The topological polar surface area (TPSA) is 32.3 Å². The number of Topliss-reactive ketones (excluding diaryl/α,β-unsaturated/α-hetero) is 1. The van der Waals surface area contributed by atoms with Crippen molar-refractivity contribution in [3.05, 3.63) is 29.8 Å². The van der Waals surface area contributed by atoms with Crippen molar-refractivity contribution in [2.75, 3.05) is 25.5 Å². The fourth-order valence-electron chi connectivity index (χ4n) is 2.35. The summed E-state index contributed by atoms with van der Waals surface area (Å²) in [6.07, 6.45) is 2.94. The molecule has 2 rings (SSSR count). The summed E-state index contributed by atoms with van der Waals surface area (Å²) in [4.78, 5) is 13.9. The molecule has 1 N–H and O–H groups in total. The molecule has 0 spiro atoms. The Morgan fingerprint density at radius 2 is 1.89 bits per heavy atom. The molecule has 1 saturated heterocycles. The fraction of sp³-hybridized carbons (Fsp3) is 0.533. The third-order valence-corrected chi connectivity index (χ3v) is 3.62. The van der Waals surface area contributed by atoms with E-state index in [0.717, 1.165) is 24.3 Å². The predicted octanol–water partition coefficient (Wildman–Crippen LogP) is 2.79. The highest BCUT2D eigenvalue weighted by Crippen LogP contribution is 2.17. The van der Waals surface area contributed by atoms with Crippen molar-refractivity contribution in [3.8, 4) is 0 Å². The maximum absolute atomic E-state index is 11.5. The molecule has 0 radical (unpaired) electrons. The largest absolute Gasteiger partial charge is 0.382 e. The average Bonchev–Trinajstić information content (AvgIpc) is 2.41. The maximum Gasteiger partial charge on any atom is 0.162 e. The minimum Gasteiger partial charge on any atom is -0.382 e. The van der Waals surface area contributed by atoms with Crippen molar-refractivity contribution in [3.63, 3.8) is 0 Å². The van der Waals surface area contributed by atoms with Crippen LogP contribution in [0.25, 0.3) is 0 Å². The molecule has 0 atom stereocenters. The summed E-state index contributed by atoms with van der Waals surface area (Å²) in [6.45, 7) is 4.21. The van der Waals surface area contributed by atoms with Crippen molar-refractivity contribution in [1.29, 1.82) is 0 Å². The molecule has 1 heterocycles. The fourth-order valence-corrected chi connectivity index (χ4v) is 2.35. The van der Waals surface area contributed by atoms with Gasteiger partial charge in [-0.05, 0) is 57.2 Å². The highest BCUT2D eigenvalue weighted by molar-refractivity contribution is 5.96. The Kier molecular flexibility index (Phi) is 4.37. The first-order valence-electron chi connectivity index (χ1n) is 6.77. The van der Waals surface area contributed by atoms with Gasteiger partial charge in [-0.3, -0.25) is 4.79 Å². The van der Waals surface area contributed by atoms with Crippen molar-refractivity contribution in [2.45, 2.75) is 32.2 Å². The standard InChI is InChI=1S/C15H22N2O/c1-3-15(18)12-4-6-13(7-5-12)16-14-8-10-17(2)11-9-14/h4-7,14,16H,3,8-11H2,1-2H3. The number of piperidine rings is 1. The van der Waals surface area contributed by atoms with E-state index in [1.807, 2.05) is 31.2 Å². The van der Waals surface area contributed by atoms with E-state index in [1.165, 1.54) is 12.8 Å². The first kappa shape index (κ1) is 13.1. The second-order valence-electron chi connectivity index (χ2n) is 5.08. The van der Waals surface area contributed by atoms with Crippen molar-refractivity contribution >= 4 is 11.5 Å². The van der Waals surface area contributed by atoms with Gasteiger partial charge in [0, 0.05) is 23.7 Å². The highest BCUT2D eigenvalue weighted by atomic mass is 16.1. The van der Waals surface area contributed by atoms with E-state index in [-0.39, 0.29) is 5.78 Å². The minimum absolute atomic E-state index is 0.209. The highest BCUT2D eigenvalue weighted by Gasteiger charge is 2.16. The Morgan fingerprint density at radius 1 is 1.28 bits per heavy atom. The zero-order chi connectivity index (χ0) is 13.0. The predicted molar refractivity (Wildman–Crippen MR) is 75.2 cm³/mol. The maximum atomic E-state index is 11.5. The Bertz CT molecular complexity index is 391. The SMILES string of the molecule is CCC(=O)c1ccc(NC2CCN(C)CC2)cc1. The molecule has 0 aliphatic carbocycles. The normalized spacial score (nSPS) is 17.7. The first-order valence-corrected chi connectivity index (χ1v) is 6.77. The number of nitrogens with one attached hydrogen (secondary N) is 1. The van der Waals surface area contributed by atoms with Gasteiger partial charge in [-0.1, -0.05) is 6.92 Å². The van der Waals surface area contributed by atoms with Crippen LogP contribution in [0.4, 0.5) is 5.69 Å². The molecule has 18 heavy (non-hydrogen) atoms. The molecule has 1 aliphatic heterocycles. The number of carbonyl (C=O) groups is 1. The summed E-state index contributed by atoms with van der Waals surface area (Å²) >= 11 is 0. The molecule has 1 aromatic rings. The van der Waals surface area contributed by atoms with Gasteiger partial charge in [0.15, 0.2) is 5.78 Å². The van der Waals surface area contributed by atoms with Gasteiger partial charge in [0.05, 0.1) is 0 Å². The lowest BCUT2D eigenvalue weighted by Crippen LogP contribution is -2.36. The van der Waals surface area contributed by atoms with Gasteiger partial charge in [-0.25, -0.2) is 0 Å². The number of carbonyl (C=O) groups excluding carboxylic acids is 1. The van der Waals surface area contributed by atoms with Crippen molar-refractivity contribution < 1.29 is 4.79 Å². The van der Waals surface area contributed by atoms with Crippen LogP contribution in [-0.4, -0.2) is 36.9 Å². The minimum atomic E-state index is 0.209. The summed E-state index contributed by atoms with van der Waals surface area (Å²) < 4.78 is 0. The van der Waals surface area contributed by atoms with Crippen LogP contribution in [0.15, 0.2) is 24.3 Å². The third-order valence-electron chi connectivity index (χ3n) is 3.62. The Balaban J connectivity index is 1.92. The van der Waals surface area contributed by atoms with Crippen molar-refractivity contribution in [1.82, 2.24) is 4.90 Å². The quantitative estimate of drug-likeness (QED) is 0.829. The second kappa shape index (κ2) is 6.01. The lowest BCUT2D eigenvalue weighted by Gasteiger charge is -2.30. The van der Waals surface area contributed by atoms with E-state index in [4.69, 9.17) is 0 Å². The number of anilines is 1. The van der Waals surface area contributed by atoms with Gasteiger partial charge in [0.2, 0.25) is 0 Å². The molecule has 1 aromatic carbocycles. The number of rotatable bonds is 4. The van der Waals surface area contributed by atoms with E-state index in [9.17, 15) is 4.79 Å². The first-order chi connectivity index (χ1) is 8.69. The van der Waals surface area contributed by atoms with Crippen LogP contribution < -0.4 is 5.32 Å². The molecule has 1 fully saturated rings. The number of benzene rings is 1. The summed E-state index contributed by atoms with van der Waals surface area (Å²) in [5.41, 5.74) is 1.93. The van der Waals surface area contributed by atoms with Crippen LogP contribution in [-0.2, 0) is 0 Å². The van der Waals surface area contributed by atoms with Crippen LogP contribution in [0, 0.1) is 0 Å². The number of likely N-dealkylation sites (tertiary alicyclic amines) is 1. The van der Waals surface area contributed by atoms with Crippen LogP contribution in [0.1, 0.15) is 36.5 Å². The van der Waals surface area contributed by atoms with Crippen LogP contribution in [0.2, 0.25) is 0 Å². The molecule has 3 nitrogen and oxygen atoms in total. The zero-order valence-electron chi connectivity index (χ0n) is 11.3. The van der Waals surface area contributed by atoms with Gasteiger partial charge in [0.1, 0.15) is 0 Å². The molecular formula is C15H22N2O. The Morgan fingerprint density at radius 3 is 2.44 bits per heavy atom. The monoisotopic (exact) mass is 246 g/mol. The average molecular weight is 246 g/mol. The van der Waals surface area contributed by atoms with E-state index < -0.39 is 0 Å². The van der Waals surface area contributed by atoms with Gasteiger partial charge < -0.3 is 10.2 Å². The number of hydrogen-bond acceptors (Lipinski definition) is 3. The molecule has 0 aromatic heterocycles. The zero-order valence-corrected chi connectivity index (χ0v) is 11.3. The lowest BCUT2D eigenvalue weighted by atomic mass is 10.0. The summed E-state index contributed by atoms with van der Waals surface area (Å²) in [5, 5.41) is 3.55. The van der Waals surface area contributed by atoms with E-state index in [1.54, 1.807) is 0 Å². The lowest BCUT2D eigenvalue weighted by molar-refractivity contribution is 0.0988. The smallest absolute Gasteiger partial charge is 0.162 e. The summed E-state index contributed by atoms with van der Waals surface area (Å²) in [7, 11) is 2.17. The van der Waals surface area contributed by atoms with Gasteiger partial charge in [-0.15, -0.1) is 0 Å². The second-order valence-corrected chi connectivity index (χ2v) is 5.08. The third kappa shape index (κ3) is 3.33. The molecule has 0 amide bonds. The van der Waals surface area contributed by atoms with Gasteiger partial charge in [-0.2, -0.15) is 0 Å². The summed E-state index contributed by atoms with van der Waals surface area (Å²) in [6, 6.07) is 8.43. The van der Waals surface area contributed by atoms with Crippen LogP contribution in [0.3, 0.4) is 0 Å². The van der Waals surface area contributed by atoms with Crippen LogP contribution >= 0.6 is 0 Å². The molecule has 98 valence electrons.